The number of carbonyl (C=O) groups excluding carboxylic acids is 2. The molecule has 1 aliphatic carbocycles. The number of esters is 1. The van der Waals surface area contributed by atoms with Crippen molar-refractivity contribution >= 4 is 17.7 Å². The zero-order valence-corrected chi connectivity index (χ0v) is 16.8. The van der Waals surface area contributed by atoms with Crippen molar-refractivity contribution in [2.24, 2.45) is 5.92 Å². The quantitative estimate of drug-likeness (QED) is 0.581. The molecule has 7 nitrogen and oxygen atoms in total. The molecular weight excluding hydrogens is 372 g/mol. The molecule has 2 bridgehead atoms. The minimum atomic E-state index is -0.878. The molecule has 29 heavy (non-hydrogen) atoms. The molecule has 3 atom stereocenters. The molecule has 2 saturated heterocycles. The molecule has 0 saturated carbocycles. The zero-order valence-electron chi connectivity index (χ0n) is 16.8. The maximum atomic E-state index is 13.0. The molecule has 0 unspecified atom stereocenters. The lowest BCUT2D eigenvalue weighted by Crippen LogP contribution is -2.70. The average molecular weight is 396 g/mol. The Morgan fingerprint density at radius 3 is 2.69 bits per heavy atom. The van der Waals surface area contributed by atoms with Crippen molar-refractivity contribution in [3.05, 3.63) is 52.8 Å². The van der Waals surface area contributed by atoms with Crippen molar-refractivity contribution in [1.82, 2.24) is 4.90 Å². The first kappa shape index (κ1) is 18.2. The van der Waals surface area contributed by atoms with Crippen molar-refractivity contribution < 1.29 is 24.2 Å². The molecule has 1 amide bonds. The zero-order chi connectivity index (χ0) is 20.6. The van der Waals surface area contributed by atoms with Crippen LogP contribution in [0.25, 0.3) is 0 Å². The highest BCUT2D eigenvalue weighted by molar-refractivity contribution is 5.98. The summed E-state index contributed by atoms with van der Waals surface area (Å²) in [6, 6.07) is 7.61. The topological polar surface area (TPSA) is 79.3 Å². The van der Waals surface area contributed by atoms with E-state index in [-0.39, 0.29) is 11.7 Å². The van der Waals surface area contributed by atoms with Crippen LogP contribution in [0.2, 0.25) is 0 Å². The minimum absolute atomic E-state index is 0.0287. The number of fused-ring (bicyclic) bond motifs is 2. The van der Waals surface area contributed by atoms with Crippen LogP contribution in [0.5, 0.6) is 0 Å². The van der Waals surface area contributed by atoms with Crippen LogP contribution < -0.4 is 4.90 Å². The third kappa shape index (κ3) is 1.83. The van der Waals surface area contributed by atoms with Crippen molar-refractivity contribution in [3.8, 4) is 0 Å². The number of ether oxygens (including phenoxy) is 2. The predicted octanol–water partition coefficient (Wildman–Crippen LogP) is 2.88. The van der Waals surface area contributed by atoms with E-state index in [1.54, 1.807) is 4.90 Å². The molecule has 152 valence electrons. The normalized spacial score (nSPS) is 33.6. The lowest BCUT2D eigenvalue weighted by molar-refractivity contribution is -0.137. The summed E-state index contributed by atoms with van der Waals surface area (Å²) in [5.74, 6) is -0.790. The molecule has 1 N–H and O–H groups in total. The van der Waals surface area contributed by atoms with Crippen LogP contribution in [-0.2, 0) is 19.7 Å². The fourth-order valence-corrected chi connectivity index (χ4v) is 6.32. The molecule has 4 aliphatic rings. The van der Waals surface area contributed by atoms with E-state index in [4.69, 9.17) is 9.47 Å². The number of carbonyl (C=O) groups is 2. The van der Waals surface area contributed by atoms with Crippen molar-refractivity contribution in [2.75, 3.05) is 32.2 Å². The maximum absolute atomic E-state index is 13.0. The number of hydrogen-bond donors (Lipinski definition) is 1. The first-order chi connectivity index (χ1) is 14.0. The van der Waals surface area contributed by atoms with Crippen LogP contribution in [0, 0.1) is 5.92 Å². The van der Waals surface area contributed by atoms with Gasteiger partial charge in [0.25, 0.3) is 0 Å². The fraction of sp³-hybridized carbons (Fsp3) is 0.455. The molecule has 2 fully saturated rings. The number of methoxy groups -OCH3 is 2. The monoisotopic (exact) mass is 396 g/mol. The van der Waals surface area contributed by atoms with Gasteiger partial charge in [-0.1, -0.05) is 29.8 Å². The summed E-state index contributed by atoms with van der Waals surface area (Å²) in [5, 5.41) is 11.7. The summed E-state index contributed by atoms with van der Waals surface area (Å²) in [7, 11) is 2.71. The Hall–Kier alpha value is -2.80. The van der Waals surface area contributed by atoms with Crippen LogP contribution >= 0.6 is 0 Å². The van der Waals surface area contributed by atoms with E-state index in [1.807, 2.05) is 37.3 Å². The minimum Gasteiger partial charge on any atom is -0.511 e. The molecule has 1 aromatic carbocycles. The van der Waals surface area contributed by atoms with Crippen LogP contribution in [-0.4, -0.2) is 55.0 Å². The van der Waals surface area contributed by atoms with Gasteiger partial charge in [0.2, 0.25) is 0 Å². The van der Waals surface area contributed by atoms with Gasteiger partial charge in [-0.05, 0) is 31.4 Å². The number of aliphatic hydroxyl groups excluding tert-OH is 1. The van der Waals surface area contributed by atoms with Gasteiger partial charge in [-0.25, -0.2) is 9.59 Å². The molecule has 3 aliphatic heterocycles. The van der Waals surface area contributed by atoms with E-state index in [0.717, 1.165) is 16.8 Å². The van der Waals surface area contributed by atoms with Crippen molar-refractivity contribution in [2.45, 2.75) is 30.8 Å². The summed E-state index contributed by atoms with van der Waals surface area (Å²) in [6.07, 6.45) is 2.66. The molecule has 0 radical (unpaired) electrons. The Morgan fingerprint density at radius 1 is 1.24 bits per heavy atom. The first-order valence-corrected chi connectivity index (χ1v) is 9.87. The van der Waals surface area contributed by atoms with Gasteiger partial charge >= 0.3 is 12.1 Å². The lowest BCUT2D eigenvalue weighted by atomic mass is 9.59. The SMILES string of the molecule is C/C=C1\CN2CC[C@]34C(O)=C(C(=O)OC)[C@H]1C[C@]23N(C(=O)OC)c1ccccc14. The molecule has 5 rings (SSSR count). The second-order valence-corrected chi connectivity index (χ2v) is 8.09. The smallest absolute Gasteiger partial charge is 0.415 e. The first-order valence-electron chi connectivity index (χ1n) is 9.87. The Morgan fingerprint density at radius 2 is 2.00 bits per heavy atom. The number of para-hydroxylation sites is 1. The van der Waals surface area contributed by atoms with Gasteiger partial charge in [-0.15, -0.1) is 0 Å². The third-order valence-corrected chi connectivity index (χ3v) is 7.39. The van der Waals surface area contributed by atoms with Gasteiger partial charge < -0.3 is 14.6 Å². The van der Waals surface area contributed by atoms with Gasteiger partial charge in [-0.2, -0.15) is 0 Å². The summed E-state index contributed by atoms with van der Waals surface area (Å²) in [6.45, 7) is 3.27. The summed E-state index contributed by atoms with van der Waals surface area (Å²) in [5.41, 5.74) is 1.27. The fourth-order valence-electron chi connectivity index (χ4n) is 6.32. The number of rotatable bonds is 1. The Balaban J connectivity index is 1.89. The van der Waals surface area contributed by atoms with E-state index in [9.17, 15) is 14.7 Å². The van der Waals surface area contributed by atoms with E-state index in [2.05, 4.69) is 4.90 Å². The number of anilines is 1. The van der Waals surface area contributed by atoms with Gasteiger partial charge in [0.05, 0.1) is 30.9 Å². The second-order valence-electron chi connectivity index (χ2n) is 8.09. The average Bonchev–Trinajstić information content (AvgIpc) is 3.22. The summed E-state index contributed by atoms with van der Waals surface area (Å²) >= 11 is 0. The lowest BCUT2D eigenvalue weighted by Gasteiger charge is -2.57. The third-order valence-electron chi connectivity index (χ3n) is 7.39. The summed E-state index contributed by atoms with van der Waals surface area (Å²) < 4.78 is 10.3. The van der Waals surface area contributed by atoms with E-state index < -0.39 is 23.1 Å². The van der Waals surface area contributed by atoms with Gasteiger partial charge in [0.15, 0.2) is 0 Å². The number of hydrogen-bond acceptors (Lipinski definition) is 6. The number of piperidine rings is 1. The number of allylic oxidation sites excluding steroid dienone is 1. The van der Waals surface area contributed by atoms with Crippen LogP contribution in [0.15, 0.2) is 47.2 Å². The maximum Gasteiger partial charge on any atom is 0.415 e. The van der Waals surface area contributed by atoms with Crippen LogP contribution in [0.3, 0.4) is 0 Å². The molecule has 3 heterocycles. The molecule has 1 spiro atoms. The highest BCUT2D eigenvalue weighted by Crippen LogP contribution is 2.68. The number of amides is 1. The predicted molar refractivity (Wildman–Crippen MR) is 105 cm³/mol. The number of nitrogens with zero attached hydrogens (tertiary/aromatic N) is 2. The standard InChI is InChI=1S/C22H24N2O5/c1-4-13-12-23-10-9-21-15-7-5-6-8-16(15)24(20(27)29-3)22(21,23)11-14(13)17(18(21)25)19(26)28-2/h4-8,14,25H,9-12H2,1-3H3/b13-4+/t14-,21-,22+/m0/s1. The van der Waals surface area contributed by atoms with Gasteiger partial charge in [-0.3, -0.25) is 9.80 Å². The van der Waals surface area contributed by atoms with E-state index in [1.165, 1.54) is 14.2 Å². The van der Waals surface area contributed by atoms with Gasteiger partial charge in [0, 0.05) is 19.0 Å². The van der Waals surface area contributed by atoms with E-state index in [0.29, 0.717) is 31.5 Å². The van der Waals surface area contributed by atoms with Crippen molar-refractivity contribution in [1.29, 1.82) is 0 Å². The number of benzene rings is 1. The van der Waals surface area contributed by atoms with Crippen LogP contribution in [0.1, 0.15) is 25.3 Å². The van der Waals surface area contributed by atoms with Crippen LogP contribution in [0.4, 0.5) is 10.5 Å². The highest BCUT2D eigenvalue weighted by Gasteiger charge is 2.76. The Bertz CT molecular complexity index is 999. The van der Waals surface area contributed by atoms with E-state index >= 15 is 0 Å². The Labute approximate surface area is 169 Å². The largest absolute Gasteiger partial charge is 0.511 e. The second kappa shape index (κ2) is 5.86. The van der Waals surface area contributed by atoms with Gasteiger partial charge in [0.1, 0.15) is 11.4 Å². The highest BCUT2D eigenvalue weighted by atomic mass is 16.5. The molecule has 7 heteroatoms. The molecule has 0 aromatic heterocycles. The van der Waals surface area contributed by atoms with Crippen molar-refractivity contribution in [3.63, 3.8) is 0 Å². The Kier molecular flexibility index (Phi) is 3.68. The number of aliphatic hydroxyl groups is 1. The molecular formula is C22H24N2O5. The summed E-state index contributed by atoms with van der Waals surface area (Å²) in [4.78, 5) is 29.8. The molecule has 1 aromatic rings.